The van der Waals surface area contributed by atoms with Gasteiger partial charge in [-0.2, -0.15) is 0 Å². The summed E-state index contributed by atoms with van der Waals surface area (Å²) in [5.74, 6) is 0.589. The van der Waals surface area contributed by atoms with Crippen molar-refractivity contribution in [1.82, 2.24) is 14.9 Å². The van der Waals surface area contributed by atoms with Crippen LogP contribution in [-0.2, 0) is 4.74 Å². The summed E-state index contributed by atoms with van der Waals surface area (Å²) in [5, 5.41) is 10.6. The number of aromatic nitrogens is 2. The molecule has 4 rings (SSSR count). The average Bonchev–Trinajstić information content (AvgIpc) is 2.77. The summed E-state index contributed by atoms with van der Waals surface area (Å²) < 4.78 is 11.3. The third-order valence-corrected chi connectivity index (χ3v) is 4.41. The van der Waals surface area contributed by atoms with Gasteiger partial charge in [-0.15, -0.1) is 0 Å². The molecule has 7 heteroatoms. The van der Waals surface area contributed by atoms with Crippen molar-refractivity contribution in [3.05, 3.63) is 91.0 Å². The SMILES string of the molecule is CC(C)(C)OC(=O)N1C(Oc2ccccc2)C(O)C1c1ccccc1.c1cncnc1. The molecule has 1 aromatic heterocycles. The van der Waals surface area contributed by atoms with Crippen molar-refractivity contribution in [1.29, 1.82) is 0 Å². The number of hydrogen-bond donors (Lipinski definition) is 1. The van der Waals surface area contributed by atoms with Crippen molar-refractivity contribution >= 4 is 6.09 Å². The molecule has 3 aromatic rings. The normalized spacial score (nSPS) is 20.0. The summed E-state index contributed by atoms with van der Waals surface area (Å²) in [6.07, 6.45) is 2.74. The molecule has 3 atom stereocenters. The Morgan fingerprint density at radius 3 is 2.00 bits per heavy atom. The number of amides is 1. The van der Waals surface area contributed by atoms with Crippen LogP contribution in [0.2, 0.25) is 0 Å². The van der Waals surface area contributed by atoms with Crippen LogP contribution in [0, 0.1) is 0 Å². The number of likely N-dealkylation sites (tertiary alicyclic amines) is 1. The number of aliphatic hydroxyl groups excluding tert-OH is 1. The molecule has 0 spiro atoms. The molecule has 0 saturated carbocycles. The van der Waals surface area contributed by atoms with E-state index in [2.05, 4.69) is 9.97 Å². The molecule has 1 saturated heterocycles. The van der Waals surface area contributed by atoms with Gasteiger partial charge in [-0.25, -0.2) is 14.8 Å². The second-order valence-corrected chi connectivity index (χ2v) is 7.96. The minimum atomic E-state index is -0.838. The first-order valence-corrected chi connectivity index (χ1v) is 10.0. The third-order valence-electron chi connectivity index (χ3n) is 4.41. The highest BCUT2D eigenvalue weighted by molar-refractivity contribution is 5.71. The van der Waals surface area contributed by atoms with Crippen LogP contribution in [0.1, 0.15) is 32.4 Å². The lowest BCUT2D eigenvalue weighted by molar-refractivity contribution is -0.189. The van der Waals surface area contributed by atoms with Crippen LogP contribution in [0.3, 0.4) is 0 Å². The van der Waals surface area contributed by atoms with E-state index in [0.717, 1.165) is 5.56 Å². The molecule has 0 bridgehead atoms. The van der Waals surface area contributed by atoms with Crippen LogP contribution in [0.4, 0.5) is 4.79 Å². The van der Waals surface area contributed by atoms with Crippen LogP contribution in [0.15, 0.2) is 85.5 Å². The number of hydrogen-bond acceptors (Lipinski definition) is 6. The van der Waals surface area contributed by atoms with E-state index in [9.17, 15) is 9.90 Å². The van der Waals surface area contributed by atoms with E-state index in [1.54, 1.807) is 30.6 Å². The van der Waals surface area contributed by atoms with Crippen molar-refractivity contribution < 1.29 is 19.4 Å². The maximum Gasteiger partial charge on any atom is 0.413 e. The molecule has 1 N–H and O–H groups in total. The van der Waals surface area contributed by atoms with Crippen molar-refractivity contribution in [3.8, 4) is 5.75 Å². The molecule has 1 aliphatic rings. The monoisotopic (exact) mass is 421 g/mol. The van der Waals surface area contributed by atoms with Crippen molar-refractivity contribution in [2.75, 3.05) is 0 Å². The fourth-order valence-electron chi connectivity index (χ4n) is 3.10. The highest BCUT2D eigenvalue weighted by Crippen LogP contribution is 2.41. The highest BCUT2D eigenvalue weighted by atomic mass is 16.6. The van der Waals surface area contributed by atoms with Gasteiger partial charge in [0.1, 0.15) is 23.8 Å². The lowest BCUT2D eigenvalue weighted by atomic mass is 9.90. The summed E-state index contributed by atoms with van der Waals surface area (Å²) in [4.78, 5) is 21.5. The molecule has 2 heterocycles. The first-order chi connectivity index (χ1) is 14.9. The maximum absolute atomic E-state index is 12.7. The fraction of sp³-hybridized carbons (Fsp3) is 0.292. The fourth-order valence-corrected chi connectivity index (χ4v) is 3.10. The van der Waals surface area contributed by atoms with Gasteiger partial charge in [0.05, 0.1) is 6.04 Å². The Kier molecular flexibility index (Phi) is 7.20. The van der Waals surface area contributed by atoms with E-state index in [-0.39, 0.29) is 0 Å². The Hall–Kier alpha value is -3.45. The van der Waals surface area contributed by atoms with Gasteiger partial charge in [0.15, 0.2) is 0 Å². The van der Waals surface area contributed by atoms with Gasteiger partial charge in [-0.05, 0) is 44.5 Å². The topological polar surface area (TPSA) is 84.8 Å². The largest absolute Gasteiger partial charge is 0.467 e. The van der Waals surface area contributed by atoms with Gasteiger partial charge in [-0.1, -0.05) is 48.5 Å². The first kappa shape index (κ1) is 22.2. The van der Waals surface area contributed by atoms with Gasteiger partial charge in [0.25, 0.3) is 0 Å². The lowest BCUT2D eigenvalue weighted by Gasteiger charge is -2.51. The van der Waals surface area contributed by atoms with Crippen molar-refractivity contribution in [2.45, 2.75) is 44.7 Å². The molecule has 7 nitrogen and oxygen atoms in total. The van der Waals surface area contributed by atoms with Gasteiger partial charge in [-0.3, -0.25) is 4.90 Å². The highest BCUT2D eigenvalue weighted by Gasteiger charge is 2.54. The average molecular weight is 421 g/mol. The molecule has 1 aliphatic heterocycles. The minimum Gasteiger partial charge on any atom is -0.467 e. The van der Waals surface area contributed by atoms with Crippen LogP contribution < -0.4 is 4.74 Å². The van der Waals surface area contributed by atoms with Gasteiger partial charge < -0.3 is 14.6 Å². The zero-order chi connectivity index (χ0) is 22.3. The molecular weight excluding hydrogens is 394 g/mol. The van der Waals surface area contributed by atoms with Crippen molar-refractivity contribution in [3.63, 3.8) is 0 Å². The molecule has 0 aliphatic carbocycles. The Bertz CT molecular complexity index is 907. The zero-order valence-electron chi connectivity index (χ0n) is 17.8. The predicted octanol–water partition coefficient (Wildman–Crippen LogP) is 4.22. The van der Waals surface area contributed by atoms with Crippen LogP contribution in [0.5, 0.6) is 5.75 Å². The number of carbonyl (C=O) groups excluding carboxylic acids is 1. The molecule has 3 unspecified atom stereocenters. The molecule has 1 amide bonds. The first-order valence-electron chi connectivity index (χ1n) is 10.0. The Morgan fingerprint density at radius 1 is 0.935 bits per heavy atom. The number of benzene rings is 2. The zero-order valence-corrected chi connectivity index (χ0v) is 17.8. The van der Waals surface area contributed by atoms with Crippen molar-refractivity contribution in [2.24, 2.45) is 0 Å². The smallest absolute Gasteiger partial charge is 0.413 e. The summed E-state index contributed by atoms with van der Waals surface area (Å²) in [7, 11) is 0. The molecular formula is C24H27N3O4. The number of carbonyl (C=O) groups is 1. The number of ether oxygens (including phenoxy) is 2. The van der Waals surface area contributed by atoms with Crippen LogP contribution in [-0.4, -0.2) is 44.0 Å². The quantitative estimate of drug-likeness (QED) is 0.682. The maximum atomic E-state index is 12.7. The Morgan fingerprint density at radius 2 is 1.52 bits per heavy atom. The minimum absolute atomic E-state index is 0.496. The van der Waals surface area contributed by atoms with E-state index in [0.29, 0.717) is 5.75 Å². The van der Waals surface area contributed by atoms with Gasteiger partial charge in [0.2, 0.25) is 6.23 Å². The summed E-state index contributed by atoms with van der Waals surface area (Å²) in [6.45, 7) is 5.43. The number of aliphatic hydroxyl groups is 1. The van der Waals surface area contributed by atoms with Gasteiger partial charge in [0, 0.05) is 12.4 Å². The van der Waals surface area contributed by atoms with E-state index in [1.165, 1.54) is 11.2 Å². The number of para-hydroxylation sites is 1. The number of rotatable bonds is 3. The summed E-state index contributed by atoms with van der Waals surface area (Å²) >= 11 is 0. The molecule has 0 radical (unpaired) electrons. The Labute approximate surface area is 182 Å². The second-order valence-electron chi connectivity index (χ2n) is 7.96. The lowest BCUT2D eigenvalue weighted by Crippen LogP contribution is -2.67. The standard InChI is InChI=1S/C20H23NO4.C4H4N2/c1-20(2,3)25-19(23)21-16(14-10-6-4-7-11-14)17(22)18(21)24-15-12-8-5-9-13-15;1-2-5-4-6-3-1/h4-13,16-18,22H,1-3H3;1-4H. The number of nitrogens with zero attached hydrogens (tertiary/aromatic N) is 3. The Balaban J connectivity index is 0.000000391. The van der Waals surface area contributed by atoms with E-state index < -0.39 is 30.1 Å². The van der Waals surface area contributed by atoms with E-state index >= 15 is 0 Å². The predicted molar refractivity (Wildman–Crippen MR) is 116 cm³/mol. The van der Waals surface area contributed by atoms with Gasteiger partial charge >= 0.3 is 6.09 Å². The third kappa shape index (κ3) is 6.02. The second kappa shape index (κ2) is 10.0. The van der Waals surface area contributed by atoms with Crippen LogP contribution >= 0.6 is 0 Å². The van der Waals surface area contributed by atoms with E-state index in [4.69, 9.17) is 9.47 Å². The van der Waals surface area contributed by atoms with Crippen LogP contribution in [0.25, 0.3) is 0 Å². The summed E-state index contributed by atoms with van der Waals surface area (Å²) in [5.41, 5.74) is 0.213. The molecule has 31 heavy (non-hydrogen) atoms. The molecule has 2 aromatic carbocycles. The summed E-state index contributed by atoms with van der Waals surface area (Å²) in [6, 6.07) is 19.8. The molecule has 162 valence electrons. The molecule has 1 fully saturated rings. The van der Waals surface area contributed by atoms with E-state index in [1.807, 2.05) is 69.3 Å².